The molecule has 2 aliphatic rings. The lowest BCUT2D eigenvalue weighted by atomic mass is 9.89. The monoisotopic (exact) mass is 144 g/mol. The van der Waals surface area contributed by atoms with E-state index >= 15 is 0 Å². The van der Waals surface area contributed by atoms with E-state index < -0.39 is 0 Å². The highest BCUT2D eigenvalue weighted by molar-refractivity contribution is 6.20. The van der Waals surface area contributed by atoms with Crippen LogP contribution < -0.4 is 0 Å². The van der Waals surface area contributed by atoms with Crippen molar-refractivity contribution >= 4 is 11.6 Å². The molecule has 1 heteroatoms. The number of rotatable bonds is 0. The van der Waals surface area contributed by atoms with Crippen LogP contribution in [0.4, 0.5) is 0 Å². The topological polar surface area (TPSA) is 0 Å². The third kappa shape index (κ3) is 0.980. The lowest BCUT2D eigenvalue weighted by Crippen LogP contribution is -2.17. The van der Waals surface area contributed by atoms with Crippen molar-refractivity contribution in [2.45, 2.75) is 37.5 Å². The second kappa shape index (κ2) is 2.16. The van der Waals surface area contributed by atoms with Gasteiger partial charge in [0.05, 0.1) is 0 Å². The summed E-state index contributed by atoms with van der Waals surface area (Å²) in [6, 6.07) is 0. The fourth-order valence-corrected chi connectivity index (χ4v) is 2.69. The van der Waals surface area contributed by atoms with Crippen LogP contribution in [0.15, 0.2) is 0 Å². The minimum atomic E-state index is 0.531. The first-order valence-corrected chi connectivity index (χ1v) is 4.44. The van der Waals surface area contributed by atoms with Crippen molar-refractivity contribution in [3.8, 4) is 0 Å². The van der Waals surface area contributed by atoms with Crippen LogP contribution in [0.2, 0.25) is 0 Å². The van der Waals surface area contributed by atoms with Gasteiger partial charge in [-0.2, -0.15) is 0 Å². The Labute approximate surface area is 61.6 Å². The van der Waals surface area contributed by atoms with Gasteiger partial charge < -0.3 is 0 Å². The van der Waals surface area contributed by atoms with Crippen molar-refractivity contribution in [3.63, 3.8) is 0 Å². The van der Waals surface area contributed by atoms with Crippen LogP contribution in [0.1, 0.15) is 32.1 Å². The predicted octanol–water partition coefficient (Wildman–Crippen LogP) is 2.80. The second-order valence-electron chi connectivity index (χ2n) is 3.53. The molecule has 0 heterocycles. The van der Waals surface area contributed by atoms with Gasteiger partial charge in [0, 0.05) is 5.38 Å². The van der Waals surface area contributed by atoms with Gasteiger partial charge in [0.1, 0.15) is 0 Å². The fraction of sp³-hybridized carbons (Fsp3) is 1.00. The fourth-order valence-electron chi connectivity index (χ4n) is 2.33. The van der Waals surface area contributed by atoms with Gasteiger partial charge in [-0.1, -0.05) is 6.42 Å². The maximum absolute atomic E-state index is 6.11. The number of alkyl halides is 1. The molecule has 0 aliphatic heterocycles. The average Bonchev–Trinajstić information content (AvgIpc) is 2.25. The van der Waals surface area contributed by atoms with Crippen LogP contribution in [0, 0.1) is 11.8 Å². The predicted molar refractivity (Wildman–Crippen MR) is 39.7 cm³/mol. The highest BCUT2D eigenvalue weighted by Crippen LogP contribution is 2.43. The summed E-state index contributed by atoms with van der Waals surface area (Å²) in [5, 5.41) is 0.531. The molecule has 0 N–H and O–H groups in total. The Morgan fingerprint density at radius 3 is 2.56 bits per heavy atom. The van der Waals surface area contributed by atoms with Crippen LogP contribution in [-0.4, -0.2) is 5.38 Å². The van der Waals surface area contributed by atoms with Crippen LogP contribution in [-0.2, 0) is 0 Å². The van der Waals surface area contributed by atoms with E-state index in [1.165, 1.54) is 32.1 Å². The van der Waals surface area contributed by atoms with Crippen LogP contribution in [0.3, 0.4) is 0 Å². The minimum absolute atomic E-state index is 0.531. The first-order valence-electron chi connectivity index (χ1n) is 4.00. The number of hydrogen-bond acceptors (Lipinski definition) is 0. The van der Waals surface area contributed by atoms with Gasteiger partial charge >= 0.3 is 0 Å². The maximum atomic E-state index is 6.11. The molecule has 0 nitrogen and oxygen atoms in total. The summed E-state index contributed by atoms with van der Waals surface area (Å²) in [5.41, 5.74) is 0. The molecular weight excluding hydrogens is 132 g/mol. The van der Waals surface area contributed by atoms with Crippen molar-refractivity contribution in [3.05, 3.63) is 0 Å². The molecule has 0 amide bonds. The summed E-state index contributed by atoms with van der Waals surface area (Å²) >= 11 is 6.11. The molecule has 2 saturated carbocycles. The van der Waals surface area contributed by atoms with Crippen molar-refractivity contribution in [2.75, 3.05) is 0 Å². The lowest BCUT2D eigenvalue weighted by molar-refractivity contribution is 0.365. The Kier molecular flexibility index (Phi) is 1.45. The van der Waals surface area contributed by atoms with Crippen molar-refractivity contribution < 1.29 is 0 Å². The molecule has 0 aromatic carbocycles. The second-order valence-corrected chi connectivity index (χ2v) is 4.09. The molecule has 0 unspecified atom stereocenters. The Morgan fingerprint density at radius 1 is 1.00 bits per heavy atom. The lowest BCUT2D eigenvalue weighted by Gasteiger charge is -2.23. The largest absolute Gasteiger partial charge is 0.123 e. The van der Waals surface area contributed by atoms with Gasteiger partial charge in [-0.15, -0.1) is 11.6 Å². The van der Waals surface area contributed by atoms with Crippen LogP contribution in [0.5, 0.6) is 0 Å². The highest BCUT2D eigenvalue weighted by atomic mass is 35.5. The highest BCUT2D eigenvalue weighted by Gasteiger charge is 2.34. The van der Waals surface area contributed by atoms with E-state index in [-0.39, 0.29) is 0 Å². The van der Waals surface area contributed by atoms with E-state index in [4.69, 9.17) is 11.6 Å². The van der Waals surface area contributed by atoms with Gasteiger partial charge in [0.2, 0.25) is 0 Å². The molecule has 2 bridgehead atoms. The van der Waals surface area contributed by atoms with E-state index in [0.717, 1.165) is 11.8 Å². The zero-order valence-corrected chi connectivity index (χ0v) is 6.40. The van der Waals surface area contributed by atoms with E-state index in [1.54, 1.807) is 0 Å². The summed E-state index contributed by atoms with van der Waals surface area (Å²) in [5.74, 6) is 1.95. The number of halogens is 1. The summed E-state index contributed by atoms with van der Waals surface area (Å²) in [6.07, 6.45) is 7.02. The van der Waals surface area contributed by atoms with Crippen LogP contribution >= 0.6 is 11.6 Å². The van der Waals surface area contributed by atoms with Gasteiger partial charge in [0.15, 0.2) is 0 Å². The van der Waals surface area contributed by atoms with E-state index in [1.807, 2.05) is 0 Å². The Bertz CT molecular complexity index is 111. The van der Waals surface area contributed by atoms with E-state index in [9.17, 15) is 0 Å². The van der Waals surface area contributed by atoms with Gasteiger partial charge in [-0.25, -0.2) is 0 Å². The average molecular weight is 145 g/mol. The third-order valence-corrected chi connectivity index (χ3v) is 3.52. The SMILES string of the molecule is Cl[C@@H]1CC[C@H]2CC[C@@H]1C2. The molecular formula is C8H13Cl. The van der Waals surface area contributed by atoms with Crippen molar-refractivity contribution in [1.29, 1.82) is 0 Å². The quantitative estimate of drug-likeness (QED) is 0.459. The first kappa shape index (κ1) is 6.03. The maximum Gasteiger partial charge on any atom is 0.0364 e. The molecule has 2 rings (SSSR count). The summed E-state index contributed by atoms with van der Waals surface area (Å²) in [4.78, 5) is 0. The van der Waals surface area contributed by atoms with Crippen LogP contribution in [0.25, 0.3) is 0 Å². The molecule has 0 aromatic rings. The minimum Gasteiger partial charge on any atom is -0.123 e. The standard InChI is InChI=1S/C8H13Cl/c9-8-4-2-6-1-3-7(8)5-6/h6-8H,1-5H2/t6-,7-,8-/m1/s1. The molecule has 3 atom stereocenters. The van der Waals surface area contributed by atoms with Crippen molar-refractivity contribution in [1.82, 2.24) is 0 Å². The smallest absolute Gasteiger partial charge is 0.0364 e. The zero-order valence-electron chi connectivity index (χ0n) is 5.65. The molecule has 9 heavy (non-hydrogen) atoms. The first-order chi connectivity index (χ1) is 4.36. The summed E-state index contributed by atoms with van der Waals surface area (Å²) in [7, 11) is 0. The molecule has 0 aromatic heterocycles. The van der Waals surface area contributed by atoms with E-state index in [0.29, 0.717) is 5.38 Å². The third-order valence-electron chi connectivity index (χ3n) is 2.94. The molecule has 0 radical (unpaired) electrons. The van der Waals surface area contributed by atoms with Gasteiger partial charge in [0.25, 0.3) is 0 Å². The number of fused-ring (bicyclic) bond motifs is 2. The zero-order chi connectivity index (χ0) is 6.27. The molecule has 0 saturated heterocycles. The summed E-state index contributed by atoms with van der Waals surface area (Å²) in [6.45, 7) is 0. The van der Waals surface area contributed by atoms with Gasteiger partial charge in [-0.3, -0.25) is 0 Å². The molecule has 2 fully saturated rings. The normalized spacial score (nSPS) is 49.7. The molecule has 52 valence electrons. The Balaban J connectivity index is 2.05. The Hall–Kier alpha value is 0.290. The molecule has 0 spiro atoms. The van der Waals surface area contributed by atoms with Gasteiger partial charge in [-0.05, 0) is 37.5 Å². The Morgan fingerprint density at radius 2 is 1.78 bits per heavy atom. The number of hydrogen-bond donors (Lipinski definition) is 0. The molecule has 2 aliphatic carbocycles. The van der Waals surface area contributed by atoms with E-state index in [2.05, 4.69) is 0 Å². The summed E-state index contributed by atoms with van der Waals surface area (Å²) < 4.78 is 0. The van der Waals surface area contributed by atoms with Crippen molar-refractivity contribution in [2.24, 2.45) is 11.8 Å².